The zero-order valence-electron chi connectivity index (χ0n) is 21.7. The number of amides is 1. The Morgan fingerprint density at radius 3 is 2.36 bits per heavy atom. The van der Waals surface area contributed by atoms with Crippen LogP contribution in [0, 0.1) is 0 Å². The number of H-pyrrole nitrogens is 1. The summed E-state index contributed by atoms with van der Waals surface area (Å²) in [6.45, 7) is 4.43. The first-order valence-electron chi connectivity index (χ1n) is 13.5. The molecule has 0 spiro atoms. The molecule has 6 rings (SSSR count). The van der Waals surface area contributed by atoms with Gasteiger partial charge in [0.15, 0.2) is 0 Å². The van der Waals surface area contributed by atoms with E-state index in [-0.39, 0.29) is 6.04 Å². The monoisotopic (exact) mass is 563 g/mol. The van der Waals surface area contributed by atoms with E-state index in [1.54, 1.807) is 29.2 Å². The highest BCUT2D eigenvalue weighted by Gasteiger charge is 2.35. The molecule has 1 atom stereocenters. The van der Waals surface area contributed by atoms with Crippen LogP contribution < -0.4 is 9.47 Å². The Kier molecular flexibility index (Phi) is 7.69. The minimum Gasteiger partial charge on any atom is -0.492 e. The fraction of sp³-hybridized carbons (Fsp3) is 0.323. The lowest BCUT2D eigenvalue weighted by Gasteiger charge is -2.35. The Hall–Kier alpha value is -3.19. The molecule has 1 amide bonds. The third-order valence-corrected chi connectivity index (χ3v) is 8.15. The number of fused-ring (bicyclic) bond motifs is 3. The van der Waals surface area contributed by atoms with E-state index in [0.717, 1.165) is 47.5 Å². The predicted molar refractivity (Wildman–Crippen MR) is 155 cm³/mol. The summed E-state index contributed by atoms with van der Waals surface area (Å²) in [5.41, 5.74) is 4.13. The van der Waals surface area contributed by atoms with Crippen molar-refractivity contribution in [2.75, 3.05) is 32.8 Å². The molecule has 1 aromatic heterocycles. The van der Waals surface area contributed by atoms with E-state index >= 15 is 0 Å². The largest absolute Gasteiger partial charge is 0.492 e. The number of hydrogen-bond donors (Lipinski definition) is 1. The fourth-order valence-corrected chi connectivity index (χ4v) is 5.99. The first kappa shape index (κ1) is 26.1. The quantitative estimate of drug-likeness (QED) is 0.264. The van der Waals surface area contributed by atoms with Crippen molar-refractivity contribution in [1.29, 1.82) is 0 Å². The first-order valence-corrected chi connectivity index (χ1v) is 14.3. The second-order valence-electron chi connectivity index (χ2n) is 10.2. The summed E-state index contributed by atoms with van der Waals surface area (Å²) in [5.74, 6) is 1.28. The molecule has 0 bridgehead atoms. The van der Waals surface area contributed by atoms with Crippen LogP contribution in [0.15, 0.2) is 66.7 Å². The third-order valence-electron chi connectivity index (χ3n) is 7.66. The molecule has 0 radical (unpaired) electrons. The molecular weight excluding hydrogens is 533 g/mol. The van der Waals surface area contributed by atoms with Crippen molar-refractivity contribution in [3.8, 4) is 11.5 Å². The van der Waals surface area contributed by atoms with Crippen LogP contribution in [-0.4, -0.2) is 53.7 Å². The lowest BCUT2D eigenvalue weighted by atomic mass is 9.92. The molecule has 39 heavy (non-hydrogen) atoms. The molecule has 2 aliphatic rings. The summed E-state index contributed by atoms with van der Waals surface area (Å²) in [4.78, 5) is 21.3. The number of likely N-dealkylation sites (tertiary alicyclic amines) is 1. The van der Waals surface area contributed by atoms with Crippen molar-refractivity contribution < 1.29 is 14.3 Å². The second kappa shape index (κ2) is 11.5. The number of halogens is 2. The number of aromatic amines is 1. The number of benzene rings is 3. The van der Waals surface area contributed by atoms with E-state index in [1.165, 1.54) is 24.8 Å². The highest BCUT2D eigenvalue weighted by molar-refractivity contribution is 6.31. The van der Waals surface area contributed by atoms with E-state index < -0.39 is 6.09 Å². The van der Waals surface area contributed by atoms with Gasteiger partial charge in [-0.25, -0.2) is 4.79 Å². The molecule has 2 aliphatic heterocycles. The van der Waals surface area contributed by atoms with Gasteiger partial charge in [-0.15, -0.1) is 0 Å². The van der Waals surface area contributed by atoms with Crippen molar-refractivity contribution in [2.24, 2.45) is 0 Å². The van der Waals surface area contributed by atoms with E-state index in [4.69, 9.17) is 32.7 Å². The maximum Gasteiger partial charge on any atom is 0.416 e. The van der Waals surface area contributed by atoms with Crippen LogP contribution >= 0.6 is 23.2 Å². The minimum absolute atomic E-state index is 0.345. The van der Waals surface area contributed by atoms with Crippen molar-refractivity contribution >= 4 is 40.2 Å². The lowest BCUT2D eigenvalue weighted by molar-refractivity contribution is 0.135. The maximum absolute atomic E-state index is 13.5. The first-order chi connectivity index (χ1) is 19.0. The average Bonchev–Trinajstić information content (AvgIpc) is 3.32. The molecule has 3 heterocycles. The molecular formula is C31H31Cl2N3O3. The van der Waals surface area contributed by atoms with Crippen LogP contribution in [0.3, 0.4) is 0 Å². The molecule has 0 aliphatic carbocycles. The number of rotatable bonds is 6. The van der Waals surface area contributed by atoms with Gasteiger partial charge < -0.3 is 14.5 Å². The second-order valence-corrected chi connectivity index (χ2v) is 11.1. The Labute approximate surface area is 238 Å². The number of aromatic nitrogens is 1. The highest BCUT2D eigenvalue weighted by Crippen LogP contribution is 2.40. The van der Waals surface area contributed by atoms with Crippen LogP contribution in [-0.2, 0) is 6.42 Å². The molecule has 1 unspecified atom stereocenters. The number of carbonyl (C=O) groups is 1. The molecule has 202 valence electrons. The molecule has 0 saturated carbocycles. The average molecular weight is 565 g/mol. The maximum atomic E-state index is 13.5. The summed E-state index contributed by atoms with van der Waals surface area (Å²) in [5, 5.41) is 2.37. The number of carbonyl (C=O) groups excluding carboxylic acids is 1. The van der Waals surface area contributed by atoms with Crippen molar-refractivity contribution in [3.63, 3.8) is 0 Å². The van der Waals surface area contributed by atoms with Gasteiger partial charge in [-0.3, -0.25) is 9.80 Å². The predicted octanol–water partition coefficient (Wildman–Crippen LogP) is 7.49. The molecule has 1 saturated heterocycles. The van der Waals surface area contributed by atoms with E-state index in [0.29, 0.717) is 35.4 Å². The molecule has 4 aromatic rings. The number of hydrogen-bond acceptors (Lipinski definition) is 4. The normalized spacial score (nSPS) is 17.7. The minimum atomic E-state index is -0.411. The van der Waals surface area contributed by atoms with Crippen LogP contribution in [0.1, 0.15) is 42.1 Å². The number of nitrogens with zero attached hydrogens (tertiary/aromatic N) is 2. The van der Waals surface area contributed by atoms with Gasteiger partial charge in [0, 0.05) is 39.7 Å². The standard InChI is InChI=1S/C31H31Cl2N3O3/c32-22-6-11-25(12-7-22)39-31(37)36-17-14-26-27-20-23(33)8-13-28(27)34-29(26)30(36)21-4-9-24(10-5-21)38-19-18-35-15-2-1-3-16-35/h4-13,20,30,34H,1-3,14-19H2. The van der Waals surface area contributed by atoms with Crippen LogP contribution in [0.4, 0.5) is 4.79 Å². The number of ether oxygens (including phenoxy) is 2. The van der Waals surface area contributed by atoms with Crippen molar-refractivity contribution in [1.82, 2.24) is 14.8 Å². The van der Waals surface area contributed by atoms with Gasteiger partial charge in [0.2, 0.25) is 0 Å². The van der Waals surface area contributed by atoms with E-state index in [2.05, 4.69) is 9.88 Å². The summed E-state index contributed by atoms with van der Waals surface area (Å²) >= 11 is 12.3. The van der Waals surface area contributed by atoms with Gasteiger partial charge in [0.05, 0.1) is 0 Å². The number of piperidine rings is 1. The molecule has 8 heteroatoms. The smallest absolute Gasteiger partial charge is 0.416 e. The van der Waals surface area contributed by atoms with E-state index in [9.17, 15) is 4.79 Å². The SMILES string of the molecule is O=C(Oc1ccc(Cl)cc1)N1CCc2c([nH]c3ccc(Cl)cc23)C1c1ccc(OCCN2CCCCC2)cc1. The van der Waals surface area contributed by atoms with Gasteiger partial charge in [0.1, 0.15) is 24.1 Å². The van der Waals surface area contributed by atoms with Crippen molar-refractivity contribution in [3.05, 3.63) is 93.6 Å². The molecule has 6 nitrogen and oxygen atoms in total. The topological polar surface area (TPSA) is 57.8 Å². The zero-order chi connectivity index (χ0) is 26.8. The summed E-state index contributed by atoms with van der Waals surface area (Å²) in [7, 11) is 0. The van der Waals surface area contributed by atoms with Crippen LogP contribution in [0.5, 0.6) is 11.5 Å². The van der Waals surface area contributed by atoms with Gasteiger partial charge in [-0.1, -0.05) is 41.8 Å². The summed E-state index contributed by atoms with van der Waals surface area (Å²) in [6, 6.07) is 20.4. The van der Waals surface area contributed by atoms with Gasteiger partial charge >= 0.3 is 6.09 Å². The van der Waals surface area contributed by atoms with Crippen molar-refractivity contribution in [2.45, 2.75) is 31.7 Å². The van der Waals surface area contributed by atoms with Gasteiger partial charge in [-0.05, 0) is 98.1 Å². The number of nitrogens with one attached hydrogen (secondary N) is 1. The van der Waals surface area contributed by atoms with Crippen LogP contribution in [0.2, 0.25) is 10.0 Å². The van der Waals surface area contributed by atoms with Crippen LogP contribution in [0.25, 0.3) is 10.9 Å². The Morgan fingerprint density at radius 2 is 1.59 bits per heavy atom. The zero-order valence-corrected chi connectivity index (χ0v) is 23.2. The lowest BCUT2D eigenvalue weighted by Crippen LogP contribution is -2.42. The van der Waals surface area contributed by atoms with Gasteiger partial charge in [-0.2, -0.15) is 0 Å². The molecule has 3 aromatic carbocycles. The molecule has 1 fully saturated rings. The Bertz CT molecular complexity index is 1450. The summed E-state index contributed by atoms with van der Waals surface area (Å²) < 4.78 is 11.8. The third kappa shape index (κ3) is 5.74. The Morgan fingerprint density at radius 1 is 0.872 bits per heavy atom. The fourth-order valence-electron chi connectivity index (χ4n) is 5.69. The van der Waals surface area contributed by atoms with E-state index in [1.807, 2.05) is 42.5 Å². The van der Waals surface area contributed by atoms with Gasteiger partial charge in [0.25, 0.3) is 0 Å². The molecule has 1 N–H and O–H groups in total. The Balaban J connectivity index is 1.26. The summed E-state index contributed by atoms with van der Waals surface area (Å²) in [6.07, 6.45) is 4.16. The highest BCUT2D eigenvalue weighted by atomic mass is 35.5.